The summed E-state index contributed by atoms with van der Waals surface area (Å²) in [7, 11) is 0. The molecule has 1 N–H and O–H groups in total. The highest BCUT2D eigenvalue weighted by Crippen LogP contribution is 2.27. The third kappa shape index (κ3) is 4.03. The van der Waals surface area contributed by atoms with Crippen LogP contribution in [0.2, 0.25) is 0 Å². The third-order valence-corrected chi connectivity index (χ3v) is 4.41. The summed E-state index contributed by atoms with van der Waals surface area (Å²) in [5.41, 5.74) is 2.49. The number of likely N-dealkylation sites (tertiary alicyclic amines) is 1. The highest BCUT2D eigenvalue weighted by Gasteiger charge is 2.29. The number of rotatable bonds is 7. The number of nitrogens with zero attached hydrogens (tertiary/aromatic N) is 2. The quantitative estimate of drug-likeness (QED) is 0.774. The summed E-state index contributed by atoms with van der Waals surface area (Å²) in [6, 6.07) is 5.86. The summed E-state index contributed by atoms with van der Waals surface area (Å²) < 4.78 is 0. The first-order valence-corrected chi connectivity index (χ1v) is 8.14. The van der Waals surface area contributed by atoms with Crippen LogP contribution in [-0.2, 0) is 13.1 Å². The van der Waals surface area contributed by atoms with Crippen molar-refractivity contribution in [3.63, 3.8) is 0 Å². The summed E-state index contributed by atoms with van der Waals surface area (Å²) in [5.74, 6) is 0. The Morgan fingerprint density at radius 2 is 2.15 bits per heavy atom. The molecule has 0 saturated carbocycles. The Hall–Kier alpha value is -0.930. The second-order valence-corrected chi connectivity index (χ2v) is 6.00. The molecule has 0 amide bonds. The predicted molar refractivity (Wildman–Crippen MR) is 84.6 cm³/mol. The molecule has 1 aromatic heterocycles. The molecule has 0 spiro atoms. The van der Waals surface area contributed by atoms with Crippen molar-refractivity contribution in [3.05, 3.63) is 29.6 Å². The average molecular weight is 275 g/mol. The van der Waals surface area contributed by atoms with Crippen molar-refractivity contribution in [2.45, 2.75) is 71.6 Å². The molecule has 3 nitrogen and oxygen atoms in total. The Balaban J connectivity index is 1.89. The molecule has 1 aromatic rings. The number of pyridine rings is 1. The Kier molecular flexibility index (Phi) is 5.99. The maximum atomic E-state index is 4.64. The minimum Gasteiger partial charge on any atom is -0.313 e. The minimum atomic E-state index is 0.702. The zero-order valence-corrected chi connectivity index (χ0v) is 13.2. The van der Waals surface area contributed by atoms with E-state index in [1.54, 1.807) is 0 Å². The van der Waals surface area contributed by atoms with Crippen LogP contribution in [0, 0.1) is 0 Å². The van der Waals surface area contributed by atoms with E-state index in [-0.39, 0.29) is 0 Å². The fourth-order valence-electron chi connectivity index (χ4n) is 3.10. The molecule has 20 heavy (non-hydrogen) atoms. The number of hydrogen-bond donors (Lipinski definition) is 1. The molecule has 112 valence electrons. The predicted octanol–water partition coefficient (Wildman–Crippen LogP) is 3.34. The largest absolute Gasteiger partial charge is 0.313 e. The first-order chi connectivity index (χ1) is 9.74. The van der Waals surface area contributed by atoms with Crippen molar-refractivity contribution < 1.29 is 0 Å². The van der Waals surface area contributed by atoms with E-state index in [9.17, 15) is 0 Å². The van der Waals surface area contributed by atoms with Crippen molar-refractivity contribution in [1.29, 1.82) is 0 Å². The third-order valence-electron chi connectivity index (χ3n) is 4.41. The number of nitrogens with one attached hydrogen (secondary N) is 1. The molecule has 1 aliphatic heterocycles. The Morgan fingerprint density at radius 1 is 1.30 bits per heavy atom. The van der Waals surface area contributed by atoms with Crippen LogP contribution in [0.5, 0.6) is 0 Å². The highest BCUT2D eigenvalue weighted by molar-refractivity contribution is 5.14. The summed E-state index contributed by atoms with van der Waals surface area (Å²) in [4.78, 5) is 7.26. The van der Waals surface area contributed by atoms with E-state index >= 15 is 0 Å². The van der Waals surface area contributed by atoms with Crippen molar-refractivity contribution >= 4 is 0 Å². The van der Waals surface area contributed by atoms with Crippen LogP contribution in [-0.4, -0.2) is 28.5 Å². The molecule has 2 heterocycles. The Bertz CT molecular complexity index is 388. The van der Waals surface area contributed by atoms with Crippen LogP contribution in [0.1, 0.15) is 57.7 Å². The molecular weight excluding hydrogens is 246 g/mol. The fraction of sp³-hybridized carbons (Fsp3) is 0.706. The first kappa shape index (κ1) is 15.5. The van der Waals surface area contributed by atoms with Gasteiger partial charge in [-0.1, -0.05) is 19.9 Å². The zero-order chi connectivity index (χ0) is 14.4. The Morgan fingerprint density at radius 3 is 2.80 bits per heavy atom. The van der Waals surface area contributed by atoms with Crippen molar-refractivity contribution in [1.82, 2.24) is 15.2 Å². The molecule has 0 aliphatic carbocycles. The molecule has 0 bridgehead atoms. The van der Waals surface area contributed by atoms with Crippen molar-refractivity contribution in [2.24, 2.45) is 0 Å². The molecule has 2 atom stereocenters. The lowest BCUT2D eigenvalue weighted by Crippen LogP contribution is -2.33. The summed E-state index contributed by atoms with van der Waals surface area (Å²) in [6.07, 6.45) is 7.13. The number of hydrogen-bond acceptors (Lipinski definition) is 3. The van der Waals surface area contributed by atoms with Gasteiger partial charge in [0.25, 0.3) is 0 Å². The van der Waals surface area contributed by atoms with Gasteiger partial charge in [0.05, 0.1) is 5.69 Å². The SMILES string of the molecule is CCCNCc1ccc(CN2C(C)CCC2CC)nc1. The standard InChI is InChI=1S/C17H29N3/c1-4-10-18-11-15-7-8-16(19-12-15)13-20-14(3)6-9-17(20)5-2/h7-8,12,14,17-18H,4-6,9-11,13H2,1-3H3. The van der Waals surface area contributed by atoms with Crippen molar-refractivity contribution in [3.8, 4) is 0 Å². The molecule has 2 unspecified atom stereocenters. The number of aromatic nitrogens is 1. The van der Waals surface area contributed by atoms with Crippen LogP contribution in [0.4, 0.5) is 0 Å². The van der Waals surface area contributed by atoms with Gasteiger partial charge < -0.3 is 5.32 Å². The lowest BCUT2D eigenvalue weighted by atomic mass is 10.1. The summed E-state index contributed by atoms with van der Waals surface area (Å²) >= 11 is 0. The molecular formula is C17H29N3. The van der Waals surface area contributed by atoms with Gasteiger partial charge in [0.2, 0.25) is 0 Å². The van der Waals surface area contributed by atoms with Crippen LogP contribution >= 0.6 is 0 Å². The Labute approximate surface area is 123 Å². The second-order valence-electron chi connectivity index (χ2n) is 6.00. The molecule has 1 saturated heterocycles. The molecule has 3 heteroatoms. The first-order valence-electron chi connectivity index (χ1n) is 8.14. The maximum absolute atomic E-state index is 4.64. The van der Waals surface area contributed by atoms with Crippen LogP contribution in [0.25, 0.3) is 0 Å². The van der Waals surface area contributed by atoms with E-state index in [0.717, 1.165) is 25.7 Å². The summed E-state index contributed by atoms with van der Waals surface area (Å²) in [6.45, 7) is 9.84. The van der Waals surface area contributed by atoms with E-state index in [1.165, 1.54) is 36.9 Å². The maximum Gasteiger partial charge on any atom is 0.0544 e. The van der Waals surface area contributed by atoms with Crippen LogP contribution in [0.15, 0.2) is 18.3 Å². The van der Waals surface area contributed by atoms with Gasteiger partial charge in [-0.3, -0.25) is 9.88 Å². The molecule has 0 radical (unpaired) electrons. The summed E-state index contributed by atoms with van der Waals surface area (Å²) in [5, 5.41) is 3.42. The van der Waals surface area contributed by atoms with Gasteiger partial charge in [-0.15, -0.1) is 0 Å². The van der Waals surface area contributed by atoms with Gasteiger partial charge in [0, 0.05) is 31.4 Å². The van der Waals surface area contributed by atoms with Gasteiger partial charge in [0.1, 0.15) is 0 Å². The molecule has 1 aliphatic rings. The fourth-order valence-corrected chi connectivity index (χ4v) is 3.10. The van der Waals surface area contributed by atoms with Gasteiger partial charge in [0.15, 0.2) is 0 Å². The van der Waals surface area contributed by atoms with Gasteiger partial charge in [-0.25, -0.2) is 0 Å². The lowest BCUT2D eigenvalue weighted by Gasteiger charge is -2.27. The normalized spacial score (nSPS) is 23.4. The van der Waals surface area contributed by atoms with Gasteiger partial charge >= 0.3 is 0 Å². The van der Waals surface area contributed by atoms with E-state index in [0.29, 0.717) is 6.04 Å². The monoisotopic (exact) mass is 275 g/mol. The van der Waals surface area contributed by atoms with E-state index in [2.05, 4.69) is 48.1 Å². The molecule has 2 rings (SSSR count). The van der Waals surface area contributed by atoms with Crippen LogP contribution < -0.4 is 5.32 Å². The van der Waals surface area contributed by atoms with Gasteiger partial charge in [-0.2, -0.15) is 0 Å². The van der Waals surface area contributed by atoms with E-state index in [1.807, 2.05) is 6.20 Å². The molecule has 1 fully saturated rings. The van der Waals surface area contributed by atoms with Crippen LogP contribution in [0.3, 0.4) is 0 Å². The van der Waals surface area contributed by atoms with E-state index in [4.69, 9.17) is 0 Å². The highest BCUT2D eigenvalue weighted by atomic mass is 15.2. The second kappa shape index (κ2) is 7.75. The topological polar surface area (TPSA) is 28.2 Å². The average Bonchev–Trinajstić information content (AvgIpc) is 2.82. The van der Waals surface area contributed by atoms with Gasteiger partial charge in [-0.05, 0) is 50.8 Å². The van der Waals surface area contributed by atoms with Crippen molar-refractivity contribution in [2.75, 3.05) is 6.54 Å². The minimum absolute atomic E-state index is 0.702. The van der Waals surface area contributed by atoms with E-state index < -0.39 is 0 Å². The zero-order valence-electron chi connectivity index (χ0n) is 13.2. The molecule has 0 aromatic carbocycles. The smallest absolute Gasteiger partial charge is 0.0544 e. The lowest BCUT2D eigenvalue weighted by molar-refractivity contribution is 0.187.